The van der Waals surface area contributed by atoms with Crippen LogP contribution in [0.25, 0.3) is 22.3 Å². The number of H-pyrrole nitrogens is 1. The van der Waals surface area contributed by atoms with E-state index in [0.717, 1.165) is 0 Å². The van der Waals surface area contributed by atoms with Gasteiger partial charge in [-0.1, -0.05) is 0 Å². The van der Waals surface area contributed by atoms with Gasteiger partial charge in [0.15, 0.2) is 35.1 Å². The number of nitrogens with one attached hydrogen (secondary N) is 1. The van der Waals surface area contributed by atoms with E-state index in [0.29, 0.717) is 0 Å². The zero-order chi connectivity index (χ0) is 31.3. The molecule has 9 atom stereocenters. The Labute approximate surface area is 249 Å². The van der Waals surface area contributed by atoms with E-state index in [1.165, 1.54) is 28.1 Å². The van der Waals surface area contributed by atoms with E-state index >= 15 is 0 Å². The van der Waals surface area contributed by atoms with Gasteiger partial charge in [0.05, 0.1) is 38.6 Å². The summed E-state index contributed by atoms with van der Waals surface area (Å²) in [7, 11) is -9.76. The molecule has 4 bridgehead atoms. The first-order chi connectivity index (χ1) is 21.4. The van der Waals surface area contributed by atoms with Crippen LogP contribution >= 0.6 is 15.6 Å². The average molecular weight is 670 g/mol. The summed E-state index contributed by atoms with van der Waals surface area (Å²) in [5, 5.41) is 0. The number of nitrogen functional groups attached to an aromatic ring is 2. The molecule has 0 aromatic carbocycles. The number of fused-ring (bicyclic) bond motifs is 4. The molecule has 24 heteroatoms. The molecular weight excluding hydrogens is 646 g/mol. The van der Waals surface area contributed by atoms with Crippen molar-refractivity contribution >= 4 is 49.7 Å². The minimum Gasteiger partial charge on any atom is -0.382 e. The third kappa shape index (κ3) is 4.77. The van der Waals surface area contributed by atoms with Gasteiger partial charge in [-0.3, -0.25) is 37.0 Å². The number of hydrogen-bond acceptors (Lipinski definition) is 17. The number of rotatable bonds is 2. The second-order valence-corrected chi connectivity index (χ2v) is 13.6. The molecule has 4 aliphatic heterocycles. The topological polar surface area (TPSA) is 298 Å². The SMILES string of the molecule is Nc1nc2c(ncn2[C@@H]2O[C@@H]3COP(=O)(O)OC4C5OCC4(COP(=O)(O)OC2C3)O[C@H]5n2cnc3c(N)ncnc32)c(=O)[nH]1. The Morgan fingerprint density at radius 3 is 2.53 bits per heavy atom. The van der Waals surface area contributed by atoms with Crippen molar-refractivity contribution in [1.82, 2.24) is 39.0 Å². The maximum atomic E-state index is 13.4. The summed E-state index contributed by atoms with van der Waals surface area (Å²) in [5.41, 5.74) is 9.78. The fourth-order valence-corrected chi connectivity index (χ4v) is 7.96. The lowest BCUT2D eigenvalue weighted by molar-refractivity contribution is -0.184. The third-order valence-electron chi connectivity index (χ3n) is 7.92. The van der Waals surface area contributed by atoms with Crippen LogP contribution in [0.3, 0.4) is 0 Å². The largest absolute Gasteiger partial charge is 0.472 e. The summed E-state index contributed by atoms with van der Waals surface area (Å²) < 4.78 is 69.4. The van der Waals surface area contributed by atoms with Crippen LogP contribution in [0.2, 0.25) is 0 Å². The highest BCUT2D eigenvalue weighted by Crippen LogP contribution is 2.58. The van der Waals surface area contributed by atoms with Crippen molar-refractivity contribution in [2.24, 2.45) is 0 Å². The van der Waals surface area contributed by atoms with Crippen LogP contribution < -0.4 is 17.0 Å². The van der Waals surface area contributed by atoms with Crippen LogP contribution in [-0.2, 0) is 41.4 Å². The Morgan fingerprint density at radius 2 is 1.71 bits per heavy atom. The van der Waals surface area contributed by atoms with Crippen molar-refractivity contribution in [1.29, 1.82) is 0 Å². The molecule has 8 heterocycles. The van der Waals surface area contributed by atoms with Crippen LogP contribution in [-0.4, -0.2) is 98.7 Å². The molecule has 4 aromatic rings. The Balaban J connectivity index is 1.12. The normalized spacial score (nSPS) is 38.6. The number of phosphoric ester groups is 2. The lowest BCUT2D eigenvalue weighted by Crippen LogP contribution is -2.45. The van der Waals surface area contributed by atoms with E-state index in [-0.39, 0.29) is 47.1 Å². The summed E-state index contributed by atoms with van der Waals surface area (Å²) in [5.74, 6) is -0.0960. The molecule has 0 aliphatic carbocycles. The zero-order valence-corrected chi connectivity index (χ0v) is 24.5. The van der Waals surface area contributed by atoms with Crippen molar-refractivity contribution < 1.29 is 51.2 Å². The fourth-order valence-electron chi connectivity index (χ4n) is 5.97. The van der Waals surface area contributed by atoms with Crippen molar-refractivity contribution in [2.45, 2.75) is 48.9 Å². The standard InChI is InChI=1S/C21H24N10O12P2/c22-14-10-15(25-5-24-14)30(6-26-10)19-12-13-21(41-19,3-37-12)4-39-45(35,36)42-9-1-8(2-38-44(33,34)43-13)40-18(9)31-7-27-11-16(31)28-20(23)29-17(11)32/h5-9,12-13,18-19H,1-4H2,(H,33,34)(H,35,36)(H2,22,24,25)(H3,23,28,29,32)/t8-,9?,12?,13?,18+,19+,21?/m0/s1. The first kappa shape index (κ1) is 29.0. The Morgan fingerprint density at radius 1 is 0.956 bits per heavy atom. The Kier molecular flexibility index (Phi) is 6.48. The van der Waals surface area contributed by atoms with Gasteiger partial charge in [0, 0.05) is 6.42 Å². The molecule has 0 saturated carbocycles. The molecule has 6 unspecified atom stereocenters. The highest BCUT2D eigenvalue weighted by Gasteiger charge is 2.66. The Hall–Kier alpha value is -3.40. The summed E-state index contributed by atoms with van der Waals surface area (Å²) in [6, 6.07) is 0. The van der Waals surface area contributed by atoms with E-state index in [1.807, 2.05) is 0 Å². The quantitative estimate of drug-likeness (QED) is 0.161. The van der Waals surface area contributed by atoms with Gasteiger partial charge in [0.2, 0.25) is 5.95 Å². The molecule has 4 saturated heterocycles. The molecule has 0 amide bonds. The second kappa shape index (κ2) is 10.0. The summed E-state index contributed by atoms with van der Waals surface area (Å²) in [6.45, 7) is -1.42. The summed E-state index contributed by atoms with van der Waals surface area (Å²) >= 11 is 0. The molecule has 0 spiro atoms. The van der Waals surface area contributed by atoms with E-state index < -0.39 is 76.9 Å². The van der Waals surface area contributed by atoms with Crippen molar-refractivity contribution in [2.75, 3.05) is 31.3 Å². The number of phosphoric acid groups is 2. The first-order valence-corrected chi connectivity index (χ1v) is 16.3. The monoisotopic (exact) mass is 670 g/mol. The number of aromatic nitrogens is 8. The smallest absolute Gasteiger partial charge is 0.382 e. The van der Waals surface area contributed by atoms with Gasteiger partial charge >= 0.3 is 15.6 Å². The van der Waals surface area contributed by atoms with Crippen LogP contribution in [0.15, 0.2) is 23.8 Å². The van der Waals surface area contributed by atoms with Gasteiger partial charge in [-0.2, -0.15) is 4.98 Å². The molecule has 7 N–H and O–H groups in total. The number of nitrogens with zero attached hydrogens (tertiary/aromatic N) is 7. The minimum absolute atomic E-state index is 0.00251. The lowest BCUT2D eigenvalue weighted by Gasteiger charge is -2.32. The van der Waals surface area contributed by atoms with Gasteiger partial charge < -0.3 is 35.5 Å². The summed E-state index contributed by atoms with van der Waals surface area (Å²) in [4.78, 5) is 56.7. The molecule has 8 rings (SSSR count). The summed E-state index contributed by atoms with van der Waals surface area (Å²) in [6.07, 6.45) is -3.07. The fraction of sp³-hybridized carbons (Fsp3) is 0.524. The molecule has 4 fully saturated rings. The van der Waals surface area contributed by atoms with Gasteiger partial charge in [-0.15, -0.1) is 0 Å². The zero-order valence-electron chi connectivity index (χ0n) is 22.7. The number of anilines is 2. The lowest BCUT2D eigenvalue weighted by atomic mass is 10.0. The molecule has 240 valence electrons. The number of aromatic amines is 1. The van der Waals surface area contributed by atoms with Crippen LogP contribution in [0.1, 0.15) is 18.9 Å². The third-order valence-corrected chi connectivity index (χ3v) is 9.88. The van der Waals surface area contributed by atoms with Crippen molar-refractivity contribution in [3.8, 4) is 0 Å². The number of hydrogen-bond donors (Lipinski definition) is 5. The number of imidazole rings is 2. The molecular formula is C21H24N10O12P2. The van der Waals surface area contributed by atoms with E-state index in [2.05, 4.69) is 29.9 Å². The molecule has 0 radical (unpaired) electrons. The van der Waals surface area contributed by atoms with Crippen LogP contribution in [0, 0.1) is 0 Å². The maximum absolute atomic E-state index is 13.4. The van der Waals surface area contributed by atoms with E-state index in [4.69, 9.17) is 43.8 Å². The predicted molar refractivity (Wildman–Crippen MR) is 145 cm³/mol. The molecule has 4 aromatic heterocycles. The van der Waals surface area contributed by atoms with Gasteiger partial charge in [-0.05, 0) is 0 Å². The van der Waals surface area contributed by atoms with Crippen molar-refractivity contribution in [3.63, 3.8) is 0 Å². The number of nitrogens with two attached hydrogens (primary N) is 2. The van der Waals surface area contributed by atoms with Crippen LogP contribution in [0.5, 0.6) is 0 Å². The van der Waals surface area contributed by atoms with Gasteiger partial charge in [-0.25, -0.2) is 29.1 Å². The highest BCUT2D eigenvalue weighted by molar-refractivity contribution is 7.47. The van der Waals surface area contributed by atoms with E-state index in [9.17, 15) is 23.7 Å². The van der Waals surface area contributed by atoms with Gasteiger partial charge in [0.1, 0.15) is 35.8 Å². The Bertz CT molecular complexity index is 1990. The highest BCUT2D eigenvalue weighted by atomic mass is 31.2. The van der Waals surface area contributed by atoms with Gasteiger partial charge in [0.25, 0.3) is 5.56 Å². The molecule has 4 aliphatic rings. The van der Waals surface area contributed by atoms with Crippen LogP contribution in [0.4, 0.5) is 11.8 Å². The van der Waals surface area contributed by atoms with E-state index in [1.54, 1.807) is 0 Å². The number of ether oxygens (including phenoxy) is 3. The predicted octanol–water partition coefficient (Wildman–Crippen LogP) is -0.904. The van der Waals surface area contributed by atoms with Crippen molar-refractivity contribution in [3.05, 3.63) is 29.3 Å². The second-order valence-electron chi connectivity index (χ2n) is 10.8. The average Bonchev–Trinajstić information content (AvgIpc) is 3.79. The maximum Gasteiger partial charge on any atom is 0.472 e. The first-order valence-electron chi connectivity index (χ1n) is 13.3. The minimum atomic E-state index is -4.91. The molecule has 45 heavy (non-hydrogen) atoms. The molecule has 22 nitrogen and oxygen atoms in total.